The van der Waals surface area contributed by atoms with Crippen molar-refractivity contribution in [1.82, 2.24) is 5.32 Å². The number of carbonyl (C=O) groups excluding carboxylic acids is 1. The van der Waals surface area contributed by atoms with Crippen LogP contribution < -0.4 is 10.1 Å². The molecule has 1 aliphatic heterocycles. The minimum Gasteiger partial charge on any atom is -0.493 e. The van der Waals surface area contributed by atoms with Crippen molar-refractivity contribution in [3.63, 3.8) is 0 Å². The van der Waals surface area contributed by atoms with Crippen molar-refractivity contribution in [1.29, 1.82) is 0 Å². The first kappa shape index (κ1) is 14.1. The number of thiophene rings is 1. The van der Waals surface area contributed by atoms with Gasteiger partial charge in [0.15, 0.2) is 0 Å². The summed E-state index contributed by atoms with van der Waals surface area (Å²) in [5.41, 5.74) is 2.48. The van der Waals surface area contributed by atoms with Crippen molar-refractivity contribution in [3.8, 4) is 5.75 Å². The topological polar surface area (TPSA) is 38.3 Å². The molecule has 0 radical (unpaired) electrons. The lowest BCUT2D eigenvalue weighted by atomic mass is 10.0. The number of aryl methyl sites for hydroxylation is 1. The van der Waals surface area contributed by atoms with Gasteiger partial charge in [0.1, 0.15) is 5.75 Å². The molecule has 2 heterocycles. The van der Waals surface area contributed by atoms with Crippen LogP contribution in [0.2, 0.25) is 0 Å². The lowest BCUT2D eigenvalue weighted by Gasteiger charge is -2.06. The summed E-state index contributed by atoms with van der Waals surface area (Å²) in [6, 6.07) is 10.4. The molecule has 1 aromatic heterocycles. The zero-order valence-corrected chi connectivity index (χ0v) is 12.7. The van der Waals surface area contributed by atoms with E-state index in [0.717, 1.165) is 38.2 Å². The van der Waals surface area contributed by atoms with Gasteiger partial charge < -0.3 is 10.1 Å². The van der Waals surface area contributed by atoms with Crippen molar-refractivity contribution < 1.29 is 9.53 Å². The molecule has 0 saturated heterocycles. The maximum absolute atomic E-state index is 11.8. The maximum atomic E-state index is 11.8. The molecule has 4 heteroatoms. The molecule has 3 nitrogen and oxygen atoms in total. The first-order chi connectivity index (χ1) is 10.3. The van der Waals surface area contributed by atoms with Gasteiger partial charge >= 0.3 is 0 Å². The van der Waals surface area contributed by atoms with E-state index in [9.17, 15) is 4.79 Å². The Kier molecular flexibility index (Phi) is 4.55. The van der Waals surface area contributed by atoms with Crippen molar-refractivity contribution in [2.75, 3.05) is 13.2 Å². The Balaban J connectivity index is 1.41. The van der Waals surface area contributed by atoms with Gasteiger partial charge in [-0.05, 0) is 41.5 Å². The maximum Gasteiger partial charge on any atom is 0.220 e. The van der Waals surface area contributed by atoms with Crippen LogP contribution in [0.3, 0.4) is 0 Å². The lowest BCUT2D eigenvalue weighted by Crippen LogP contribution is -2.25. The van der Waals surface area contributed by atoms with Crippen LogP contribution >= 0.6 is 11.3 Å². The van der Waals surface area contributed by atoms with Crippen LogP contribution in [-0.2, 0) is 24.1 Å². The molecule has 0 unspecified atom stereocenters. The van der Waals surface area contributed by atoms with E-state index in [4.69, 9.17) is 4.74 Å². The molecule has 1 N–H and O–H groups in total. The van der Waals surface area contributed by atoms with Gasteiger partial charge in [0.2, 0.25) is 5.91 Å². The number of benzene rings is 1. The third-order valence-electron chi connectivity index (χ3n) is 3.67. The fourth-order valence-corrected chi connectivity index (χ4v) is 3.23. The second-order valence-corrected chi connectivity index (χ2v) is 6.25. The minimum atomic E-state index is 0.128. The largest absolute Gasteiger partial charge is 0.493 e. The molecule has 2 aromatic rings. The van der Waals surface area contributed by atoms with Crippen LogP contribution in [0.4, 0.5) is 0 Å². The van der Waals surface area contributed by atoms with Crippen LogP contribution in [0, 0.1) is 0 Å². The average molecular weight is 301 g/mol. The number of hydrogen-bond acceptors (Lipinski definition) is 3. The van der Waals surface area contributed by atoms with Gasteiger partial charge in [-0.3, -0.25) is 4.79 Å². The molecule has 1 aromatic carbocycles. The third kappa shape index (κ3) is 3.85. The molecule has 1 aliphatic rings. The van der Waals surface area contributed by atoms with Crippen LogP contribution in [0.25, 0.3) is 0 Å². The molecule has 0 atom stereocenters. The summed E-state index contributed by atoms with van der Waals surface area (Å²) in [7, 11) is 0. The second kappa shape index (κ2) is 6.76. The Bertz CT molecular complexity index is 607. The van der Waals surface area contributed by atoms with Gasteiger partial charge in [0.05, 0.1) is 6.61 Å². The smallest absolute Gasteiger partial charge is 0.220 e. The van der Waals surface area contributed by atoms with E-state index >= 15 is 0 Å². The van der Waals surface area contributed by atoms with Crippen LogP contribution in [0.15, 0.2) is 35.7 Å². The van der Waals surface area contributed by atoms with E-state index in [1.54, 1.807) is 11.3 Å². The number of carbonyl (C=O) groups is 1. The van der Waals surface area contributed by atoms with E-state index < -0.39 is 0 Å². The van der Waals surface area contributed by atoms with Gasteiger partial charge in [-0.25, -0.2) is 0 Å². The summed E-state index contributed by atoms with van der Waals surface area (Å²) in [5, 5.41) is 5.05. The Hall–Kier alpha value is -1.81. The van der Waals surface area contributed by atoms with E-state index in [0.29, 0.717) is 6.42 Å². The van der Waals surface area contributed by atoms with Crippen LogP contribution in [0.5, 0.6) is 5.75 Å². The highest BCUT2D eigenvalue weighted by molar-refractivity contribution is 7.09. The standard InChI is InChI=1S/C17H19NO2S/c19-17(18-9-7-15-2-1-11-21-15)6-4-13-3-5-16-14(12-13)8-10-20-16/h1-3,5,11-12H,4,6-10H2,(H,18,19). The Morgan fingerprint density at radius 1 is 1.29 bits per heavy atom. The highest BCUT2D eigenvalue weighted by Crippen LogP contribution is 2.26. The fourth-order valence-electron chi connectivity index (χ4n) is 2.52. The first-order valence-electron chi connectivity index (χ1n) is 7.35. The molecule has 21 heavy (non-hydrogen) atoms. The predicted molar refractivity (Wildman–Crippen MR) is 85.0 cm³/mol. The van der Waals surface area contributed by atoms with Crippen molar-refractivity contribution in [2.45, 2.75) is 25.7 Å². The van der Waals surface area contributed by atoms with E-state index in [-0.39, 0.29) is 5.91 Å². The zero-order valence-electron chi connectivity index (χ0n) is 11.9. The highest BCUT2D eigenvalue weighted by atomic mass is 32.1. The van der Waals surface area contributed by atoms with Gasteiger partial charge in [-0.2, -0.15) is 0 Å². The van der Waals surface area contributed by atoms with E-state index in [1.807, 2.05) is 12.1 Å². The van der Waals surface area contributed by atoms with Gasteiger partial charge in [-0.15, -0.1) is 11.3 Å². The quantitative estimate of drug-likeness (QED) is 0.891. The van der Waals surface area contributed by atoms with E-state index in [1.165, 1.54) is 16.0 Å². The summed E-state index contributed by atoms with van der Waals surface area (Å²) in [4.78, 5) is 13.2. The molecule has 0 fully saturated rings. The predicted octanol–water partition coefficient (Wildman–Crippen LogP) is 2.97. The van der Waals surface area contributed by atoms with Crippen molar-refractivity contribution in [3.05, 3.63) is 51.7 Å². The number of nitrogens with one attached hydrogen (secondary N) is 1. The Morgan fingerprint density at radius 2 is 2.24 bits per heavy atom. The third-order valence-corrected chi connectivity index (χ3v) is 4.60. The molecular weight excluding hydrogens is 282 g/mol. The molecule has 3 rings (SSSR count). The molecule has 0 aliphatic carbocycles. The summed E-state index contributed by atoms with van der Waals surface area (Å²) in [6.45, 7) is 1.50. The second-order valence-electron chi connectivity index (χ2n) is 5.22. The van der Waals surface area contributed by atoms with Gasteiger partial charge in [0.25, 0.3) is 0 Å². The number of fused-ring (bicyclic) bond motifs is 1. The SMILES string of the molecule is O=C(CCc1ccc2c(c1)CCO2)NCCc1cccs1. The van der Waals surface area contributed by atoms with Crippen LogP contribution in [-0.4, -0.2) is 19.1 Å². The average Bonchev–Trinajstić information content (AvgIpc) is 3.15. The molecular formula is C17H19NO2S. The monoisotopic (exact) mass is 301 g/mol. The number of hydrogen-bond donors (Lipinski definition) is 1. The van der Waals surface area contributed by atoms with Crippen LogP contribution in [0.1, 0.15) is 22.4 Å². The van der Waals surface area contributed by atoms with Gasteiger partial charge in [-0.1, -0.05) is 18.2 Å². The normalized spacial score (nSPS) is 12.8. The van der Waals surface area contributed by atoms with Gasteiger partial charge in [0, 0.05) is 24.3 Å². The summed E-state index contributed by atoms with van der Waals surface area (Å²) >= 11 is 1.73. The Morgan fingerprint density at radius 3 is 3.10 bits per heavy atom. The summed E-state index contributed by atoms with van der Waals surface area (Å²) in [5.74, 6) is 1.13. The highest BCUT2D eigenvalue weighted by Gasteiger charge is 2.12. The number of rotatable bonds is 6. The minimum absolute atomic E-state index is 0.128. The fraction of sp³-hybridized carbons (Fsp3) is 0.353. The lowest BCUT2D eigenvalue weighted by molar-refractivity contribution is -0.121. The number of amides is 1. The Labute approximate surface area is 129 Å². The summed E-state index contributed by atoms with van der Waals surface area (Å²) < 4.78 is 5.49. The summed E-state index contributed by atoms with van der Waals surface area (Å²) in [6.07, 6.45) is 3.23. The molecule has 110 valence electrons. The molecule has 0 saturated carbocycles. The molecule has 1 amide bonds. The van der Waals surface area contributed by atoms with Crippen molar-refractivity contribution in [2.24, 2.45) is 0 Å². The molecule has 0 spiro atoms. The zero-order chi connectivity index (χ0) is 14.5. The first-order valence-corrected chi connectivity index (χ1v) is 8.23. The van der Waals surface area contributed by atoms with Crippen molar-refractivity contribution >= 4 is 17.2 Å². The molecule has 0 bridgehead atoms. The van der Waals surface area contributed by atoms with E-state index in [2.05, 4.69) is 28.9 Å². The number of ether oxygens (including phenoxy) is 1.